The summed E-state index contributed by atoms with van der Waals surface area (Å²) in [6.45, 7) is 3.97. The number of hydrogen-bond acceptors (Lipinski definition) is 10. The summed E-state index contributed by atoms with van der Waals surface area (Å²) in [7, 11) is 0. The first kappa shape index (κ1) is 47.9. The Balaban J connectivity index is 1.28. The maximum Gasteiger partial charge on any atom is 0.417 e. The summed E-state index contributed by atoms with van der Waals surface area (Å²) in [6.07, 6.45) is -4.21. The standard InChI is InChI=1S/C46H36Cl4F6N12/c1-25-21-61-43(63-25)33-9-13-39(65-41(33)31-7-5-29(47)19-35(31)49)67(17-15-57-37-11-3-27(23-59-37)45(51,52)53)68(18-16-58-38-12-4-28(24-60-38)46(54,55)56)40-14-10-34(44-62-22-26(2)64-44)42(66-40)32-8-6-30(48)20-36(32)50/h3-14,19-24H,15-18H2,1-2H3,(H,57,59)(H,58,60)(H,61,63)(H,62,64). The molecule has 0 radical (unpaired) electrons. The molecular formula is C46H36Cl4F6N12. The highest BCUT2D eigenvalue weighted by atomic mass is 35.5. The molecule has 350 valence electrons. The summed E-state index contributed by atoms with van der Waals surface area (Å²) in [5, 5.41) is 11.2. The summed E-state index contributed by atoms with van der Waals surface area (Å²) >= 11 is 26.4. The van der Waals surface area contributed by atoms with Gasteiger partial charge in [0.2, 0.25) is 0 Å². The fourth-order valence-electron chi connectivity index (χ4n) is 7.07. The number of aromatic amines is 2. The van der Waals surface area contributed by atoms with Crippen LogP contribution in [0.2, 0.25) is 20.1 Å². The molecule has 0 amide bonds. The number of hydrogen-bond donors (Lipinski definition) is 4. The van der Waals surface area contributed by atoms with Crippen molar-refractivity contribution in [2.75, 3.05) is 46.8 Å². The Kier molecular flexibility index (Phi) is 14.0. The van der Waals surface area contributed by atoms with E-state index in [1.807, 2.05) is 26.0 Å². The van der Waals surface area contributed by atoms with Gasteiger partial charge in [0.1, 0.15) is 34.9 Å². The van der Waals surface area contributed by atoms with Crippen molar-refractivity contribution in [1.29, 1.82) is 0 Å². The Bertz CT molecular complexity index is 2850. The predicted octanol–water partition coefficient (Wildman–Crippen LogP) is 13.1. The van der Waals surface area contributed by atoms with E-state index in [1.165, 1.54) is 12.1 Å². The van der Waals surface area contributed by atoms with Gasteiger partial charge < -0.3 is 20.6 Å². The Morgan fingerprint density at radius 1 is 0.515 bits per heavy atom. The molecule has 8 rings (SSSR count). The molecule has 6 heterocycles. The molecule has 0 aliphatic rings. The summed E-state index contributed by atoms with van der Waals surface area (Å²) in [5.74, 6) is 2.02. The summed E-state index contributed by atoms with van der Waals surface area (Å²) in [6, 6.07) is 21.4. The lowest BCUT2D eigenvalue weighted by molar-refractivity contribution is -0.138. The van der Waals surface area contributed by atoms with Crippen LogP contribution in [0.25, 0.3) is 45.3 Å². The highest BCUT2D eigenvalue weighted by Crippen LogP contribution is 2.40. The Morgan fingerprint density at radius 3 is 1.24 bits per heavy atom. The van der Waals surface area contributed by atoms with Crippen LogP contribution in [-0.2, 0) is 12.4 Å². The molecule has 6 aromatic heterocycles. The van der Waals surface area contributed by atoms with Gasteiger partial charge in [0.05, 0.1) is 57.0 Å². The second-order valence-corrected chi connectivity index (χ2v) is 16.8. The van der Waals surface area contributed by atoms with Gasteiger partial charge in [0.25, 0.3) is 0 Å². The number of anilines is 4. The van der Waals surface area contributed by atoms with Crippen molar-refractivity contribution in [1.82, 2.24) is 39.9 Å². The van der Waals surface area contributed by atoms with Crippen molar-refractivity contribution in [2.24, 2.45) is 0 Å². The van der Waals surface area contributed by atoms with Gasteiger partial charge in [-0.2, -0.15) is 26.3 Å². The van der Waals surface area contributed by atoms with E-state index in [4.69, 9.17) is 56.4 Å². The molecule has 0 atom stereocenters. The first-order valence-corrected chi connectivity index (χ1v) is 22.0. The molecule has 0 unspecified atom stereocenters. The highest BCUT2D eigenvalue weighted by molar-refractivity contribution is 6.37. The third-order valence-electron chi connectivity index (χ3n) is 10.3. The maximum absolute atomic E-state index is 13.4. The first-order chi connectivity index (χ1) is 32.4. The van der Waals surface area contributed by atoms with Crippen LogP contribution in [0.1, 0.15) is 22.5 Å². The number of H-pyrrole nitrogens is 2. The van der Waals surface area contributed by atoms with Gasteiger partial charge in [-0.3, -0.25) is 10.0 Å². The van der Waals surface area contributed by atoms with Crippen molar-refractivity contribution in [3.63, 3.8) is 0 Å². The van der Waals surface area contributed by atoms with Crippen molar-refractivity contribution in [3.8, 4) is 45.3 Å². The third-order valence-corrected chi connectivity index (χ3v) is 11.4. The average Bonchev–Trinajstić information content (AvgIpc) is 3.94. The molecule has 0 fully saturated rings. The van der Waals surface area contributed by atoms with Gasteiger partial charge >= 0.3 is 12.4 Å². The number of hydrazine groups is 1. The maximum atomic E-state index is 13.4. The molecular weight excluding hydrogens is 976 g/mol. The van der Waals surface area contributed by atoms with E-state index in [-0.39, 0.29) is 37.8 Å². The van der Waals surface area contributed by atoms with Gasteiger partial charge in [-0.05, 0) is 98.8 Å². The number of pyridine rings is 4. The number of aromatic nitrogens is 8. The van der Waals surface area contributed by atoms with Crippen molar-refractivity contribution >= 4 is 69.7 Å². The number of imidazole rings is 2. The Labute approximate surface area is 404 Å². The third kappa shape index (κ3) is 11.1. The average molecular weight is 1010 g/mol. The van der Waals surface area contributed by atoms with Crippen LogP contribution in [0, 0.1) is 13.8 Å². The SMILES string of the molecule is Cc1c[nH]c(-c2ccc(N(CCNc3ccc(C(F)(F)F)cn3)N(CCNc3ccc(C(F)(F)F)cn3)c3ccc(-c4nc(C)c[nH]4)c(-c4ccc(Cl)cc4Cl)n3)nc2-c2ccc(Cl)cc2Cl)n1. The molecule has 0 bridgehead atoms. The van der Waals surface area contributed by atoms with E-state index in [2.05, 4.69) is 40.5 Å². The fourth-order valence-corrected chi connectivity index (χ4v) is 8.07. The van der Waals surface area contributed by atoms with Gasteiger partial charge in [-0.25, -0.2) is 29.9 Å². The van der Waals surface area contributed by atoms with Crippen LogP contribution in [0.15, 0.2) is 110 Å². The van der Waals surface area contributed by atoms with Crippen LogP contribution in [0.4, 0.5) is 49.6 Å². The Morgan fingerprint density at radius 2 is 0.912 bits per heavy atom. The quantitative estimate of drug-likeness (QED) is 0.0580. The molecule has 2 aromatic carbocycles. The monoisotopic (exact) mass is 1010 g/mol. The van der Waals surface area contributed by atoms with Crippen molar-refractivity contribution in [3.05, 3.63) is 152 Å². The van der Waals surface area contributed by atoms with Crippen molar-refractivity contribution in [2.45, 2.75) is 26.2 Å². The van der Waals surface area contributed by atoms with Gasteiger partial charge in [0, 0.05) is 70.2 Å². The van der Waals surface area contributed by atoms with Gasteiger partial charge in [-0.15, -0.1) is 0 Å². The lowest BCUT2D eigenvalue weighted by Crippen LogP contribution is -2.48. The molecule has 22 heteroatoms. The smallest absolute Gasteiger partial charge is 0.368 e. The van der Waals surface area contributed by atoms with E-state index in [1.54, 1.807) is 70.9 Å². The molecule has 68 heavy (non-hydrogen) atoms. The number of nitrogens with one attached hydrogen (secondary N) is 4. The van der Waals surface area contributed by atoms with Crippen LogP contribution in [0.5, 0.6) is 0 Å². The molecule has 0 saturated heterocycles. The molecule has 0 saturated carbocycles. The number of nitrogens with zero attached hydrogens (tertiary/aromatic N) is 8. The molecule has 4 N–H and O–H groups in total. The highest BCUT2D eigenvalue weighted by Gasteiger charge is 2.32. The van der Waals surface area contributed by atoms with E-state index < -0.39 is 23.5 Å². The van der Waals surface area contributed by atoms with Gasteiger partial charge in [-0.1, -0.05) is 46.4 Å². The zero-order valence-corrected chi connectivity index (χ0v) is 38.6. The van der Waals surface area contributed by atoms with Gasteiger partial charge in [0.15, 0.2) is 0 Å². The van der Waals surface area contributed by atoms with E-state index in [0.717, 1.165) is 35.9 Å². The zero-order chi connectivity index (χ0) is 48.3. The van der Waals surface area contributed by atoms with Crippen LogP contribution < -0.4 is 20.7 Å². The summed E-state index contributed by atoms with van der Waals surface area (Å²) in [4.78, 5) is 34.1. The topological polar surface area (TPSA) is 139 Å². The minimum absolute atomic E-state index is 0.0685. The lowest BCUT2D eigenvalue weighted by atomic mass is 10.0. The molecule has 0 spiro atoms. The normalized spacial score (nSPS) is 11.8. The lowest BCUT2D eigenvalue weighted by Gasteiger charge is -2.37. The zero-order valence-electron chi connectivity index (χ0n) is 35.6. The number of rotatable bonds is 15. The largest absolute Gasteiger partial charge is 0.417 e. The van der Waals surface area contributed by atoms with Crippen molar-refractivity contribution < 1.29 is 26.3 Å². The summed E-state index contributed by atoms with van der Waals surface area (Å²) < 4.78 is 80.7. The van der Waals surface area contributed by atoms with E-state index >= 15 is 0 Å². The second-order valence-electron chi connectivity index (χ2n) is 15.1. The molecule has 0 aliphatic heterocycles. The fraction of sp³-hybridized carbons (Fsp3) is 0.174. The van der Waals surface area contributed by atoms with Crippen LogP contribution >= 0.6 is 46.4 Å². The number of halogens is 10. The summed E-state index contributed by atoms with van der Waals surface area (Å²) in [5.41, 5.74) is 2.68. The molecule has 12 nitrogen and oxygen atoms in total. The number of aryl methyl sites for hydroxylation is 2. The minimum Gasteiger partial charge on any atom is -0.368 e. The van der Waals surface area contributed by atoms with E-state index in [9.17, 15) is 26.3 Å². The number of benzene rings is 2. The van der Waals surface area contributed by atoms with Crippen LogP contribution in [0.3, 0.4) is 0 Å². The Hall–Kier alpha value is -6.60. The molecule has 8 aromatic rings. The van der Waals surface area contributed by atoms with Crippen LogP contribution in [-0.4, -0.2) is 66.1 Å². The van der Waals surface area contributed by atoms with E-state index in [0.29, 0.717) is 77.0 Å². The minimum atomic E-state index is -4.59. The molecule has 0 aliphatic carbocycles. The first-order valence-electron chi connectivity index (χ1n) is 20.5. The second kappa shape index (κ2) is 19.9. The number of alkyl halides is 6. The predicted molar refractivity (Wildman–Crippen MR) is 254 cm³/mol.